The third-order valence-corrected chi connectivity index (χ3v) is 7.69. The Labute approximate surface area is 241 Å². The number of fused-ring (bicyclic) bond motifs is 1. The Morgan fingerprint density at radius 2 is 1.79 bits per heavy atom. The third kappa shape index (κ3) is 5.74. The molecule has 2 aromatic carbocycles. The SMILES string of the molecule is CC(C)(C)OC(=O)N1CCC(c2nc(-c3ccc4cnn([C@H]5C[C@H](OC(=O)c6ccc(N=O)cc6)C5)c4c3)no2)CC1. The van der Waals surface area contributed by atoms with E-state index in [9.17, 15) is 14.5 Å². The fraction of sp³-hybridized carbons (Fsp3) is 0.433. The highest BCUT2D eigenvalue weighted by atomic mass is 16.6. The molecule has 2 fully saturated rings. The molecule has 0 spiro atoms. The average molecular weight is 573 g/mol. The normalized spacial score (nSPS) is 19.4. The molecule has 0 radical (unpaired) electrons. The zero-order chi connectivity index (χ0) is 29.4. The molecule has 4 aromatic rings. The van der Waals surface area contributed by atoms with Gasteiger partial charge in [0.1, 0.15) is 17.4 Å². The molecule has 0 N–H and O–H groups in total. The van der Waals surface area contributed by atoms with Gasteiger partial charge in [0.15, 0.2) is 0 Å². The summed E-state index contributed by atoms with van der Waals surface area (Å²) < 4.78 is 18.7. The first-order valence-corrected chi connectivity index (χ1v) is 14.1. The zero-order valence-corrected chi connectivity index (χ0v) is 23.7. The molecule has 1 saturated carbocycles. The number of aromatic nitrogens is 4. The molecule has 0 atom stereocenters. The van der Waals surface area contributed by atoms with Gasteiger partial charge in [-0.05, 0) is 69.1 Å². The average Bonchev–Trinajstić information content (AvgIpc) is 3.61. The van der Waals surface area contributed by atoms with Gasteiger partial charge in [0.25, 0.3) is 0 Å². The second-order valence-electron chi connectivity index (χ2n) is 11.9. The third-order valence-electron chi connectivity index (χ3n) is 7.69. The fourth-order valence-electron chi connectivity index (χ4n) is 5.33. The van der Waals surface area contributed by atoms with Crippen LogP contribution in [0.2, 0.25) is 0 Å². The predicted octanol–water partition coefficient (Wildman–Crippen LogP) is 6.16. The number of esters is 1. The largest absolute Gasteiger partial charge is 0.459 e. The van der Waals surface area contributed by atoms with E-state index in [1.165, 1.54) is 24.3 Å². The number of ether oxygens (including phenoxy) is 2. The van der Waals surface area contributed by atoms with E-state index in [1.807, 2.05) is 49.8 Å². The first-order valence-electron chi connectivity index (χ1n) is 14.1. The van der Waals surface area contributed by atoms with Crippen LogP contribution in [-0.2, 0) is 9.47 Å². The molecule has 2 aliphatic rings. The minimum atomic E-state index is -0.524. The second-order valence-corrected chi connectivity index (χ2v) is 11.9. The van der Waals surface area contributed by atoms with Crippen LogP contribution in [0.5, 0.6) is 0 Å². The van der Waals surface area contributed by atoms with Gasteiger partial charge in [-0.1, -0.05) is 17.3 Å². The van der Waals surface area contributed by atoms with E-state index < -0.39 is 11.6 Å². The molecule has 0 bridgehead atoms. The highest BCUT2D eigenvalue weighted by molar-refractivity contribution is 5.90. The van der Waals surface area contributed by atoms with Crippen LogP contribution in [-0.4, -0.2) is 61.7 Å². The summed E-state index contributed by atoms with van der Waals surface area (Å²) in [5.41, 5.74) is 1.88. The number of nitroso groups, excluding NO2 is 1. The van der Waals surface area contributed by atoms with Crippen molar-refractivity contribution in [2.45, 2.75) is 70.1 Å². The second kappa shape index (κ2) is 11.0. The van der Waals surface area contributed by atoms with Crippen LogP contribution in [0.1, 0.15) is 74.7 Å². The summed E-state index contributed by atoms with van der Waals surface area (Å²) in [5, 5.41) is 12.7. The van der Waals surface area contributed by atoms with Crippen LogP contribution in [0, 0.1) is 4.91 Å². The van der Waals surface area contributed by atoms with Crippen molar-refractivity contribution in [1.29, 1.82) is 0 Å². The van der Waals surface area contributed by atoms with E-state index >= 15 is 0 Å². The quantitative estimate of drug-likeness (QED) is 0.196. The fourth-order valence-corrected chi connectivity index (χ4v) is 5.33. The molecular formula is C30H32N6O6. The van der Waals surface area contributed by atoms with Crippen molar-refractivity contribution in [1.82, 2.24) is 24.8 Å². The summed E-state index contributed by atoms with van der Waals surface area (Å²) in [4.78, 5) is 41.9. The van der Waals surface area contributed by atoms with E-state index in [1.54, 1.807) is 4.90 Å². The van der Waals surface area contributed by atoms with Crippen molar-refractivity contribution >= 4 is 28.7 Å². The molecule has 1 aliphatic carbocycles. The van der Waals surface area contributed by atoms with E-state index in [2.05, 4.69) is 15.4 Å². The van der Waals surface area contributed by atoms with E-state index in [0.29, 0.717) is 43.2 Å². The lowest BCUT2D eigenvalue weighted by molar-refractivity contribution is -0.00926. The Bertz CT molecular complexity index is 1610. The van der Waals surface area contributed by atoms with Crippen molar-refractivity contribution in [3.63, 3.8) is 0 Å². The molecule has 1 amide bonds. The van der Waals surface area contributed by atoms with Crippen LogP contribution in [0.4, 0.5) is 10.5 Å². The number of likely N-dealkylation sites (tertiary alicyclic amines) is 1. The minimum Gasteiger partial charge on any atom is -0.459 e. The van der Waals surface area contributed by atoms with Crippen LogP contribution in [0.3, 0.4) is 0 Å². The number of piperidine rings is 1. The Balaban J connectivity index is 1.08. The number of rotatable bonds is 6. The highest BCUT2D eigenvalue weighted by Crippen LogP contribution is 2.37. The molecule has 218 valence electrons. The molecule has 0 unspecified atom stereocenters. The number of nitrogens with zero attached hydrogens (tertiary/aromatic N) is 6. The van der Waals surface area contributed by atoms with Crippen LogP contribution in [0.25, 0.3) is 22.3 Å². The molecule has 1 saturated heterocycles. The Hall–Kier alpha value is -4.61. The van der Waals surface area contributed by atoms with Gasteiger partial charge in [-0.3, -0.25) is 4.68 Å². The van der Waals surface area contributed by atoms with Gasteiger partial charge in [0.05, 0.1) is 23.3 Å². The zero-order valence-electron chi connectivity index (χ0n) is 23.7. The molecule has 12 nitrogen and oxygen atoms in total. The van der Waals surface area contributed by atoms with Gasteiger partial charge >= 0.3 is 12.1 Å². The van der Waals surface area contributed by atoms with Crippen LogP contribution >= 0.6 is 0 Å². The smallest absolute Gasteiger partial charge is 0.410 e. The van der Waals surface area contributed by atoms with Gasteiger partial charge in [0.2, 0.25) is 11.7 Å². The maximum Gasteiger partial charge on any atom is 0.410 e. The number of carbonyl (C=O) groups excluding carboxylic acids is 2. The Morgan fingerprint density at radius 1 is 1.05 bits per heavy atom. The Kier molecular flexibility index (Phi) is 7.21. The van der Waals surface area contributed by atoms with Gasteiger partial charge in [-0.15, -0.1) is 4.91 Å². The summed E-state index contributed by atoms with van der Waals surface area (Å²) in [6.07, 6.45) is 4.06. The molecule has 12 heteroatoms. The first kappa shape index (κ1) is 27.6. The molecule has 2 aromatic heterocycles. The highest BCUT2D eigenvalue weighted by Gasteiger charge is 2.35. The topological polar surface area (TPSA) is 142 Å². The number of hydrogen-bond acceptors (Lipinski definition) is 10. The van der Waals surface area contributed by atoms with Crippen molar-refractivity contribution < 1.29 is 23.6 Å². The molecule has 42 heavy (non-hydrogen) atoms. The monoisotopic (exact) mass is 572 g/mol. The van der Waals surface area contributed by atoms with Crippen molar-refractivity contribution in [3.8, 4) is 11.4 Å². The van der Waals surface area contributed by atoms with Crippen molar-refractivity contribution in [3.05, 3.63) is 65.0 Å². The van der Waals surface area contributed by atoms with Gasteiger partial charge < -0.3 is 18.9 Å². The Morgan fingerprint density at radius 3 is 2.48 bits per heavy atom. The van der Waals surface area contributed by atoms with Gasteiger partial charge in [-0.25, -0.2) is 9.59 Å². The maximum absolute atomic E-state index is 12.5. The van der Waals surface area contributed by atoms with E-state index in [4.69, 9.17) is 19.0 Å². The summed E-state index contributed by atoms with van der Waals surface area (Å²) in [7, 11) is 0. The van der Waals surface area contributed by atoms with E-state index in [0.717, 1.165) is 29.3 Å². The lowest BCUT2D eigenvalue weighted by Crippen LogP contribution is -2.41. The summed E-state index contributed by atoms with van der Waals surface area (Å²) in [5.74, 6) is 0.731. The van der Waals surface area contributed by atoms with Crippen molar-refractivity contribution in [2.24, 2.45) is 5.18 Å². The summed E-state index contributed by atoms with van der Waals surface area (Å²) >= 11 is 0. The lowest BCUT2D eigenvalue weighted by atomic mass is 9.89. The standard InChI is InChI=1S/C30H32N6O6/c1-30(2,3)41-29(38)35-12-10-18(11-13-35)27-32-26(34-42-27)20-4-5-21-17-31-36(25(21)14-20)23-15-24(16-23)40-28(37)19-6-8-22(33-39)9-7-19/h4-9,14,17-18,23-24H,10-13,15-16H2,1-3H3/t23-,24-. The summed E-state index contributed by atoms with van der Waals surface area (Å²) in [6, 6.07) is 12.1. The number of carbonyl (C=O) groups is 2. The van der Waals surface area contributed by atoms with Gasteiger partial charge in [0, 0.05) is 42.8 Å². The maximum atomic E-state index is 12.5. The number of benzene rings is 2. The van der Waals surface area contributed by atoms with Crippen molar-refractivity contribution in [2.75, 3.05) is 13.1 Å². The van der Waals surface area contributed by atoms with Crippen LogP contribution in [0.15, 0.2) is 58.4 Å². The number of amides is 1. The van der Waals surface area contributed by atoms with E-state index in [-0.39, 0.29) is 29.8 Å². The first-order chi connectivity index (χ1) is 20.2. The van der Waals surface area contributed by atoms with Crippen LogP contribution < -0.4 is 0 Å². The predicted molar refractivity (Wildman–Crippen MR) is 152 cm³/mol. The lowest BCUT2D eigenvalue weighted by Gasteiger charge is -2.35. The van der Waals surface area contributed by atoms with Gasteiger partial charge in [-0.2, -0.15) is 10.1 Å². The molecule has 6 rings (SSSR count). The molecule has 3 heterocycles. The molecule has 1 aliphatic heterocycles. The number of hydrogen-bond donors (Lipinski definition) is 0. The molecular weight excluding hydrogens is 540 g/mol. The minimum absolute atomic E-state index is 0.0773. The summed E-state index contributed by atoms with van der Waals surface area (Å²) in [6.45, 7) is 6.73.